The standard InChI is InChI=1S/C13H20O2.C8H12O2/c14-13(15)9-12(10-5-1-2-6-10)11-7-3-4-8-11;1-2-8(9)10-7-5-3-4-6-7/h9-11H,1-8H2,(H,14,15);2,7H,1,3-6H2. The zero-order valence-electron chi connectivity index (χ0n) is 15.3. The first kappa shape index (κ1) is 19.7. The highest BCUT2D eigenvalue weighted by Crippen LogP contribution is 2.41. The normalized spacial score (nSPS) is 21.4. The van der Waals surface area contributed by atoms with E-state index >= 15 is 0 Å². The topological polar surface area (TPSA) is 63.6 Å². The van der Waals surface area contributed by atoms with Crippen LogP contribution in [0.2, 0.25) is 0 Å². The third kappa shape index (κ3) is 6.68. The molecule has 0 atom stereocenters. The molecule has 0 aromatic carbocycles. The zero-order chi connectivity index (χ0) is 18.1. The van der Waals surface area contributed by atoms with Crippen molar-refractivity contribution in [3.63, 3.8) is 0 Å². The third-order valence-corrected chi connectivity index (χ3v) is 5.69. The summed E-state index contributed by atoms with van der Waals surface area (Å²) in [5.74, 6) is 0.143. The fraction of sp³-hybridized carbons (Fsp3) is 0.714. The van der Waals surface area contributed by atoms with E-state index in [1.165, 1.54) is 81.9 Å². The molecule has 3 rings (SSSR count). The van der Waals surface area contributed by atoms with Crippen molar-refractivity contribution in [2.45, 2.75) is 83.2 Å². The predicted molar refractivity (Wildman–Crippen MR) is 98.2 cm³/mol. The van der Waals surface area contributed by atoms with Gasteiger partial charge in [-0.15, -0.1) is 0 Å². The summed E-state index contributed by atoms with van der Waals surface area (Å²) >= 11 is 0. The number of carbonyl (C=O) groups excluding carboxylic acids is 1. The van der Waals surface area contributed by atoms with Gasteiger partial charge in [0.25, 0.3) is 0 Å². The summed E-state index contributed by atoms with van der Waals surface area (Å²) in [5, 5.41) is 8.93. The van der Waals surface area contributed by atoms with Gasteiger partial charge in [-0.1, -0.05) is 37.8 Å². The Morgan fingerprint density at radius 3 is 1.68 bits per heavy atom. The average Bonchev–Trinajstić information content (AvgIpc) is 3.34. The molecule has 3 aliphatic carbocycles. The van der Waals surface area contributed by atoms with Gasteiger partial charge < -0.3 is 9.84 Å². The third-order valence-electron chi connectivity index (χ3n) is 5.69. The van der Waals surface area contributed by atoms with Crippen molar-refractivity contribution in [1.29, 1.82) is 0 Å². The van der Waals surface area contributed by atoms with Gasteiger partial charge >= 0.3 is 11.9 Å². The molecule has 0 radical (unpaired) electrons. The zero-order valence-corrected chi connectivity index (χ0v) is 15.3. The second-order valence-electron chi connectivity index (χ2n) is 7.49. The van der Waals surface area contributed by atoms with E-state index in [4.69, 9.17) is 9.84 Å². The first-order valence-corrected chi connectivity index (χ1v) is 9.87. The van der Waals surface area contributed by atoms with E-state index in [0.717, 1.165) is 12.8 Å². The molecule has 3 saturated carbocycles. The van der Waals surface area contributed by atoms with Gasteiger partial charge in [-0.3, -0.25) is 0 Å². The molecule has 0 bridgehead atoms. The molecular weight excluding hydrogens is 316 g/mol. The Hall–Kier alpha value is -1.58. The molecule has 25 heavy (non-hydrogen) atoms. The molecule has 0 heterocycles. The monoisotopic (exact) mass is 348 g/mol. The van der Waals surface area contributed by atoms with E-state index in [2.05, 4.69) is 6.58 Å². The maximum Gasteiger partial charge on any atom is 0.330 e. The highest BCUT2D eigenvalue weighted by molar-refractivity contribution is 5.81. The molecule has 0 aliphatic heterocycles. The summed E-state index contributed by atoms with van der Waals surface area (Å²) in [5.41, 5.74) is 1.26. The molecule has 1 N–H and O–H groups in total. The van der Waals surface area contributed by atoms with Gasteiger partial charge in [0.2, 0.25) is 0 Å². The van der Waals surface area contributed by atoms with Crippen LogP contribution >= 0.6 is 0 Å². The number of allylic oxidation sites excluding steroid dienone is 1. The maximum atomic E-state index is 10.8. The van der Waals surface area contributed by atoms with Crippen LogP contribution in [0.4, 0.5) is 0 Å². The number of carboxylic acid groups (broad SMARTS) is 1. The lowest BCUT2D eigenvalue weighted by atomic mass is 9.85. The van der Waals surface area contributed by atoms with E-state index < -0.39 is 5.97 Å². The van der Waals surface area contributed by atoms with Crippen LogP contribution in [-0.4, -0.2) is 23.1 Å². The van der Waals surface area contributed by atoms with E-state index in [1.54, 1.807) is 0 Å². The van der Waals surface area contributed by atoms with Crippen molar-refractivity contribution in [3.8, 4) is 0 Å². The Balaban J connectivity index is 0.000000196. The SMILES string of the molecule is C=CC(=O)OC1CCCC1.O=C(O)C=C(C1CCCC1)C1CCCC1. The van der Waals surface area contributed by atoms with Crippen molar-refractivity contribution in [3.05, 3.63) is 24.3 Å². The van der Waals surface area contributed by atoms with Crippen LogP contribution in [-0.2, 0) is 14.3 Å². The summed E-state index contributed by atoms with van der Waals surface area (Å²) in [6.07, 6.45) is 17.4. The minimum atomic E-state index is -0.746. The quantitative estimate of drug-likeness (QED) is 0.559. The van der Waals surface area contributed by atoms with Crippen molar-refractivity contribution in [1.82, 2.24) is 0 Å². The van der Waals surface area contributed by atoms with Crippen LogP contribution in [0.15, 0.2) is 24.3 Å². The molecule has 0 unspecified atom stereocenters. The Morgan fingerprint density at radius 1 is 0.840 bits per heavy atom. The number of ether oxygens (including phenoxy) is 1. The van der Waals surface area contributed by atoms with Crippen LogP contribution in [0.5, 0.6) is 0 Å². The summed E-state index contributed by atoms with van der Waals surface area (Å²) in [7, 11) is 0. The Morgan fingerprint density at radius 2 is 1.28 bits per heavy atom. The fourth-order valence-corrected chi connectivity index (χ4v) is 4.45. The summed E-state index contributed by atoms with van der Waals surface area (Å²) < 4.78 is 5.00. The van der Waals surface area contributed by atoms with Gasteiger partial charge in [0.05, 0.1) is 0 Å². The van der Waals surface area contributed by atoms with E-state index in [-0.39, 0.29) is 12.1 Å². The van der Waals surface area contributed by atoms with E-state index in [9.17, 15) is 9.59 Å². The lowest BCUT2D eigenvalue weighted by Crippen LogP contribution is -2.11. The van der Waals surface area contributed by atoms with Gasteiger partial charge in [-0.05, 0) is 63.2 Å². The molecule has 140 valence electrons. The number of hydrogen-bond donors (Lipinski definition) is 1. The Labute approximate surface area is 151 Å². The van der Waals surface area contributed by atoms with Crippen LogP contribution in [0, 0.1) is 11.8 Å². The van der Waals surface area contributed by atoms with Gasteiger partial charge in [-0.25, -0.2) is 9.59 Å². The molecule has 0 amide bonds. The number of carbonyl (C=O) groups is 2. The molecule has 3 fully saturated rings. The number of esters is 1. The Bertz CT molecular complexity index is 458. The number of aliphatic carboxylic acids is 1. The smallest absolute Gasteiger partial charge is 0.330 e. The first-order valence-electron chi connectivity index (χ1n) is 9.87. The Kier molecular flexibility index (Phi) is 8.23. The molecule has 0 spiro atoms. The van der Waals surface area contributed by atoms with Gasteiger partial charge in [0.1, 0.15) is 6.10 Å². The second kappa shape index (κ2) is 10.4. The van der Waals surface area contributed by atoms with Crippen molar-refractivity contribution in [2.24, 2.45) is 11.8 Å². The van der Waals surface area contributed by atoms with Gasteiger partial charge in [0, 0.05) is 12.2 Å². The van der Waals surface area contributed by atoms with E-state index in [1.807, 2.05) is 0 Å². The van der Waals surface area contributed by atoms with Crippen molar-refractivity contribution >= 4 is 11.9 Å². The van der Waals surface area contributed by atoms with E-state index in [0.29, 0.717) is 11.8 Å². The molecule has 4 nitrogen and oxygen atoms in total. The lowest BCUT2D eigenvalue weighted by molar-refractivity contribution is -0.142. The number of hydrogen-bond acceptors (Lipinski definition) is 3. The molecule has 0 aromatic heterocycles. The molecule has 3 aliphatic rings. The number of carboxylic acids is 1. The van der Waals surface area contributed by atoms with Crippen molar-refractivity contribution < 1.29 is 19.4 Å². The molecular formula is C21H32O4. The summed E-state index contributed by atoms with van der Waals surface area (Å²) in [4.78, 5) is 21.5. The molecule has 0 aromatic rings. The minimum absolute atomic E-state index is 0.172. The summed E-state index contributed by atoms with van der Waals surface area (Å²) in [6.45, 7) is 3.33. The highest BCUT2D eigenvalue weighted by atomic mass is 16.5. The molecule has 4 heteroatoms. The predicted octanol–water partition coefficient (Wildman–Crippen LogP) is 5.04. The highest BCUT2D eigenvalue weighted by Gasteiger charge is 2.28. The van der Waals surface area contributed by atoms with Crippen LogP contribution in [0.1, 0.15) is 77.0 Å². The lowest BCUT2D eigenvalue weighted by Gasteiger charge is -2.20. The first-order chi connectivity index (χ1) is 12.1. The fourth-order valence-electron chi connectivity index (χ4n) is 4.45. The summed E-state index contributed by atoms with van der Waals surface area (Å²) in [6, 6.07) is 0. The van der Waals surface area contributed by atoms with Gasteiger partial charge in [-0.2, -0.15) is 0 Å². The van der Waals surface area contributed by atoms with Crippen LogP contribution in [0.25, 0.3) is 0 Å². The van der Waals surface area contributed by atoms with Crippen molar-refractivity contribution in [2.75, 3.05) is 0 Å². The average molecular weight is 348 g/mol. The largest absolute Gasteiger partial charge is 0.478 e. The minimum Gasteiger partial charge on any atom is -0.478 e. The maximum absolute atomic E-state index is 10.8. The van der Waals surface area contributed by atoms with Crippen LogP contribution < -0.4 is 0 Å². The number of rotatable bonds is 5. The van der Waals surface area contributed by atoms with Gasteiger partial charge in [0.15, 0.2) is 0 Å². The molecule has 0 saturated heterocycles. The second-order valence-corrected chi connectivity index (χ2v) is 7.49. The van der Waals surface area contributed by atoms with Crippen LogP contribution in [0.3, 0.4) is 0 Å².